The van der Waals surface area contributed by atoms with Gasteiger partial charge in [-0.1, -0.05) is 67.8 Å². The second kappa shape index (κ2) is 9.45. The van der Waals surface area contributed by atoms with Crippen molar-refractivity contribution in [2.24, 2.45) is 11.8 Å². The van der Waals surface area contributed by atoms with Crippen LogP contribution in [0.15, 0.2) is 72.7 Å². The summed E-state index contributed by atoms with van der Waals surface area (Å²) in [7, 11) is -0.393. The smallest absolute Gasteiger partial charge is 0.400 e. The molecular formula is C28H38BNO2. The van der Waals surface area contributed by atoms with Gasteiger partial charge in [-0.15, -0.1) is 6.58 Å². The van der Waals surface area contributed by atoms with E-state index in [4.69, 9.17) is 9.31 Å². The second-order valence-corrected chi connectivity index (χ2v) is 10.5. The molecule has 0 unspecified atom stereocenters. The van der Waals surface area contributed by atoms with Crippen molar-refractivity contribution in [2.75, 3.05) is 5.32 Å². The lowest BCUT2D eigenvalue weighted by atomic mass is 9.61. The lowest BCUT2D eigenvalue weighted by Crippen LogP contribution is -2.41. The first-order valence-corrected chi connectivity index (χ1v) is 12.2. The van der Waals surface area contributed by atoms with Crippen molar-refractivity contribution in [2.45, 2.75) is 77.0 Å². The van der Waals surface area contributed by atoms with Gasteiger partial charge in [-0.2, -0.15) is 0 Å². The van der Waals surface area contributed by atoms with Gasteiger partial charge in [-0.25, -0.2) is 0 Å². The zero-order valence-electron chi connectivity index (χ0n) is 20.1. The average molecular weight is 431 g/mol. The van der Waals surface area contributed by atoms with Crippen molar-refractivity contribution < 1.29 is 9.31 Å². The third-order valence-electron chi connectivity index (χ3n) is 7.76. The SMILES string of the molecule is C=C(B1OC(C)(C)C(C)(C)O1)[C@@H](C1CCCCC1)[C@@H](Nc1ccccc1)c1ccccc1. The third kappa shape index (κ3) is 4.82. The molecule has 170 valence electrons. The van der Waals surface area contributed by atoms with E-state index in [1.165, 1.54) is 37.7 Å². The molecule has 0 amide bonds. The van der Waals surface area contributed by atoms with Crippen LogP contribution < -0.4 is 5.32 Å². The van der Waals surface area contributed by atoms with Gasteiger partial charge < -0.3 is 14.6 Å². The molecule has 0 radical (unpaired) electrons. The summed E-state index contributed by atoms with van der Waals surface area (Å²) >= 11 is 0. The molecule has 2 aliphatic rings. The van der Waals surface area contributed by atoms with Crippen LogP contribution >= 0.6 is 0 Å². The molecule has 1 saturated heterocycles. The van der Waals surface area contributed by atoms with Crippen LogP contribution in [0.2, 0.25) is 0 Å². The van der Waals surface area contributed by atoms with Crippen LogP contribution in [0.4, 0.5) is 5.69 Å². The minimum atomic E-state index is -0.393. The minimum Gasteiger partial charge on any atom is -0.400 e. The lowest BCUT2D eigenvalue weighted by Gasteiger charge is -2.39. The Morgan fingerprint density at radius 2 is 1.41 bits per heavy atom. The summed E-state index contributed by atoms with van der Waals surface area (Å²) in [4.78, 5) is 0. The van der Waals surface area contributed by atoms with E-state index in [1.807, 2.05) is 0 Å². The van der Waals surface area contributed by atoms with Crippen molar-refractivity contribution in [1.29, 1.82) is 0 Å². The fourth-order valence-electron chi connectivity index (χ4n) is 5.19. The molecule has 2 atom stereocenters. The molecule has 1 saturated carbocycles. The van der Waals surface area contributed by atoms with Crippen molar-refractivity contribution in [3.63, 3.8) is 0 Å². The average Bonchev–Trinajstić information content (AvgIpc) is 3.02. The van der Waals surface area contributed by atoms with E-state index >= 15 is 0 Å². The maximum atomic E-state index is 6.48. The van der Waals surface area contributed by atoms with Crippen LogP contribution in [0.1, 0.15) is 71.4 Å². The van der Waals surface area contributed by atoms with Crippen molar-refractivity contribution >= 4 is 12.8 Å². The second-order valence-electron chi connectivity index (χ2n) is 10.5. The van der Waals surface area contributed by atoms with E-state index in [-0.39, 0.29) is 23.2 Å². The van der Waals surface area contributed by atoms with E-state index in [0.717, 1.165) is 11.2 Å². The van der Waals surface area contributed by atoms with Crippen molar-refractivity contribution in [3.8, 4) is 0 Å². The molecule has 1 aliphatic heterocycles. The molecule has 2 aromatic carbocycles. The summed E-state index contributed by atoms with van der Waals surface area (Å²) in [6.45, 7) is 13.1. The van der Waals surface area contributed by atoms with Gasteiger partial charge in [0, 0.05) is 11.6 Å². The van der Waals surface area contributed by atoms with Crippen LogP contribution in [0.25, 0.3) is 0 Å². The first-order chi connectivity index (χ1) is 15.3. The maximum absolute atomic E-state index is 6.48. The Balaban J connectivity index is 1.71. The quantitative estimate of drug-likeness (QED) is 0.470. The van der Waals surface area contributed by atoms with Gasteiger partial charge in [-0.3, -0.25) is 0 Å². The van der Waals surface area contributed by atoms with Crippen LogP contribution in [-0.2, 0) is 9.31 Å². The highest BCUT2D eigenvalue weighted by molar-refractivity contribution is 6.54. The molecule has 1 aliphatic carbocycles. The Hall–Kier alpha value is -2.04. The van der Waals surface area contributed by atoms with Gasteiger partial charge in [0.2, 0.25) is 0 Å². The molecule has 1 N–H and O–H groups in total. The predicted molar refractivity (Wildman–Crippen MR) is 135 cm³/mol. The highest BCUT2D eigenvalue weighted by atomic mass is 16.7. The van der Waals surface area contributed by atoms with Crippen molar-refractivity contribution in [1.82, 2.24) is 0 Å². The Morgan fingerprint density at radius 1 is 0.875 bits per heavy atom. The molecule has 0 aromatic heterocycles. The Bertz CT molecular complexity index is 874. The fourth-order valence-corrected chi connectivity index (χ4v) is 5.19. The van der Waals surface area contributed by atoms with E-state index in [9.17, 15) is 0 Å². The summed E-state index contributed by atoms with van der Waals surface area (Å²) in [5, 5.41) is 3.87. The van der Waals surface area contributed by atoms with Gasteiger partial charge in [0.15, 0.2) is 0 Å². The summed E-state index contributed by atoms with van der Waals surface area (Å²) in [6.07, 6.45) is 6.34. The van der Waals surface area contributed by atoms with Gasteiger partial charge in [-0.05, 0) is 69.6 Å². The first-order valence-electron chi connectivity index (χ1n) is 12.2. The number of benzene rings is 2. The summed E-state index contributed by atoms with van der Waals surface area (Å²) in [5.41, 5.74) is 2.74. The van der Waals surface area contributed by atoms with E-state index in [1.54, 1.807) is 0 Å². The maximum Gasteiger partial charge on any atom is 0.490 e. The molecule has 4 rings (SSSR count). The Labute approximate surface area is 194 Å². The van der Waals surface area contributed by atoms with Crippen molar-refractivity contribution in [3.05, 3.63) is 78.3 Å². The number of hydrogen-bond donors (Lipinski definition) is 1. The topological polar surface area (TPSA) is 30.5 Å². The zero-order valence-corrected chi connectivity index (χ0v) is 20.1. The summed E-state index contributed by atoms with van der Waals surface area (Å²) in [5.74, 6) is 0.768. The van der Waals surface area contributed by atoms with Gasteiger partial charge in [0.1, 0.15) is 0 Å². The number of hydrogen-bond acceptors (Lipinski definition) is 3. The van der Waals surface area contributed by atoms with Gasteiger partial charge >= 0.3 is 7.12 Å². The number of nitrogens with one attached hydrogen (secondary N) is 1. The number of anilines is 1. The first kappa shape index (κ1) is 23.1. The molecular weight excluding hydrogens is 393 g/mol. The molecule has 1 heterocycles. The van der Waals surface area contributed by atoms with Crippen LogP contribution in [0.5, 0.6) is 0 Å². The monoisotopic (exact) mass is 431 g/mol. The Kier molecular flexibility index (Phi) is 6.83. The van der Waals surface area contributed by atoms with Gasteiger partial charge in [0.25, 0.3) is 0 Å². The zero-order chi connectivity index (χ0) is 22.8. The highest BCUT2D eigenvalue weighted by Gasteiger charge is 2.54. The van der Waals surface area contributed by atoms with E-state index < -0.39 is 7.12 Å². The lowest BCUT2D eigenvalue weighted by molar-refractivity contribution is 0.00578. The minimum absolute atomic E-state index is 0.105. The van der Waals surface area contributed by atoms with Gasteiger partial charge in [0.05, 0.1) is 17.2 Å². The normalized spacial score (nSPS) is 22.3. The molecule has 0 spiro atoms. The fraction of sp³-hybridized carbons (Fsp3) is 0.500. The highest BCUT2D eigenvalue weighted by Crippen LogP contribution is 2.46. The third-order valence-corrected chi connectivity index (χ3v) is 7.76. The predicted octanol–water partition coefficient (Wildman–Crippen LogP) is 7.22. The summed E-state index contributed by atoms with van der Waals surface area (Å²) in [6, 6.07) is 21.4. The molecule has 3 nitrogen and oxygen atoms in total. The number of rotatable bonds is 7. The molecule has 0 bridgehead atoms. The number of para-hydroxylation sites is 1. The van der Waals surface area contributed by atoms with Crippen LogP contribution in [-0.4, -0.2) is 18.3 Å². The molecule has 2 fully saturated rings. The molecule has 2 aromatic rings. The Morgan fingerprint density at radius 3 is 1.97 bits per heavy atom. The standard InChI is InChI=1S/C28H38BNO2/c1-21(29-31-27(2,3)28(4,5)32-29)25(22-15-9-6-10-16-22)26(23-17-11-7-12-18-23)30-24-19-13-8-14-20-24/h7-8,11-14,17-20,22,25-26,30H,1,6,9-10,15-16H2,2-5H3/t25-,26-/m0/s1. The summed E-state index contributed by atoms with van der Waals surface area (Å²) < 4.78 is 13.0. The largest absolute Gasteiger partial charge is 0.490 e. The molecule has 4 heteroatoms. The molecule has 32 heavy (non-hydrogen) atoms. The van der Waals surface area contributed by atoms with Crippen LogP contribution in [0.3, 0.4) is 0 Å². The van der Waals surface area contributed by atoms with Crippen LogP contribution in [0, 0.1) is 11.8 Å². The van der Waals surface area contributed by atoms with E-state index in [2.05, 4.69) is 100 Å². The van der Waals surface area contributed by atoms with E-state index in [0.29, 0.717) is 5.92 Å².